The topological polar surface area (TPSA) is 71.1 Å². The largest absolute Gasteiger partial charge is 0.316 e. The van der Waals surface area contributed by atoms with E-state index < -0.39 is 10.0 Å². The zero-order valence-electron chi connectivity index (χ0n) is 11.9. The Morgan fingerprint density at radius 3 is 2.52 bits per heavy atom. The average Bonchev–Trinajstić information content (AvgIpc) is 2.49. The molecule has 1 aromatic heterocycles. The van der Waals surface area contributed by atoms with Crippen LogP contribution in [-0.4, -0.2) is 27.0 Å². The van der Waals surface area contributed by atoms with Crippen LogP contribution in [0.25, 0.3) is 0 Å². The molecule has 0 amide bonds. The first-order valence-electron chi connectivity index (χ1n) is 6.74. The highest BCUT2D eigenvalue weighted by Gasteiger charge is 2.16. The molecule has 2 aromatic rings. The summed E-state index contributed by atoms with van der Waals surface area (Å²) in [5, 5.41) is 2.98. The Morgan fingerprint density at radius 2 is 1.81 bits per heavy atom. The summed E-state index contributed by atoms with van der Waals surface area (Å²) in [4.78, 5) is 4.26. The van der Waals surface area contributed by atoms with Gasteiger partial charge in [-0.3, -0.25) is 4.98 Å². The van der Waals surface area contributed by atoms with Crippen molar-refractivity contribution in [1.29, 1.82) is 0 Å². The standard InChI is InChI=1S/C15H19N3O2S/c1-16-12-14-4-2-3-5-15(14)21(19,20)18-11-8-13-6-9-17-10-7-13/h2-7,9-10,16,18H,8,11-12H2,1H3. The third kappa shape index (κ3) is 4.35. The van der Waals surface area contributed by atoms with Crippen molar-refractivity contribution in [2.45, 2.75) is 17.9 Å². The maximum absolute atomic E-state index is 12.4. The number of hydrogen-bond donors (Lipinski definition) is 2. The number of benzene rings is 1. The summed E-state index contributed by atoms with van der Waals surface area (Å²) in [5.41, 5.74) is 1.81. The second-order valence-corrected chi connectivity index (χ2v) is 6.38. The lowest BCUT2D eigenvalue weighted by Gasteiger charge is -2.11. The van der Waals surface area contributed by atoms with Crippen LogP contribution in [0.3, 0.4) is 0 Å². The molecule has 0 aliphatic heterocycles. The third-order valence-electron chi connectivity index (χ3n) is 3.08. The second-order valence-electron chi connectivity index (χ2n) is 4.64. The molecule has 0 saturated carbocycles. The molecule has 112 valence electrons. The molecule has 0 aliphatic rings. The number of rotatable bonds is 7. The van der Waals surface area contributed by atoms with Gasteiger partial charge in [-0.15, -0.1) is 0 Å². The van der Waals surface area contributed by atoms with Crippen LogP contribution >= 0.6 is 0 Å². The zero-order chi connectivity index (χ0) is 15.1. The smallest absolute Gasteiger partial charge is 0.240 e. The maximum atomic E-state index is 12.4. The Hall–Kier alpha value is -1.76. The first kappa shape index (κ1) is 15.6. The van der Waals surface area contributed by atoms with Crippen LogP contribution in [0.5, 0.6) is 0 Å². The SMILES string of the molecule is CNCc1ccccc1S(=O)(=O)NCCc1ccncc1. The molecule has 0 saturated heterocycles. The highest BCUT2D eigenvalue weighted by Crippen LogP contribution is 2.15. The molecule has 0 bridgehead atoms. The molecule has 0 spiro atoms. The van der Waals surface area contributed by atoms with Crippen molar-refractivity contribution in [2.75, 3.05) is 13.6 Å². The van der Waals surface area contributed by atoms with Gasteiger partial charge in [-0.1, -0.05) is 18.2 Å². The van der Waals surface area contributed by atoms with Gasteiger partial charge in [0.25, 0.3) is 0 Å². The summed E-state index contributed by atoms with van der Waals surface area (Å²) >= 11 is 0. The predicted molar refractivity (Wildman–Crippen MR) is 82.3 cm³/mol. The molecule has 2 rings (SSSR count). The van der Waals surface area contributed by atoms with Gasteiger partial charge in [-0.25, -0.2) is 13.1 Å². The van der Waals surface area contributed by atoms with E-state index >= 15 is 0 Å². The van der Waals surface area contributed by atoms with Gasteiger partial charge in [0.05, 0.1) is 4.90 Å². The maximum Gasteiger partial charge on any atom is 0.240 e. The predicted octanol–water partition coefficient (Wildman–Crippen LogP) is 1.32. The van der Waals surface area contributed by atoms with E-state index in [-0.39, 0.29) is 0 Å². The van der Waals surface area contributed by atoms with Crippen LogP contribution in [0.1, 0.15) is 11.1 Å². The Morgan fingerprint density at radius 1 is 1.10 bits per heavy atom. The van der Waals surface area contributed by atoms with E-state index in [1.807, 2.05) is 24.3 Å². The minimum atomic E-state index is -3.49. The van der Waals surface area contributed by atoms with Crippen molar-refractivity contribution in [3.05, 3.63) is 59.9 Å². The van der Waals surface area contributed by atoms with Gasteiger partial charge < -0.3 is 5.32 Å². The van der Waals surface area contributed by atoms with E-state index in [4.69, 9.17) is 0 Å². The fourth-order valence-corrected chi connectivity index (χ4v) is 3.33. The summed E-state index contributed by atoms with van der Waals surface area (Å²) in [6, 6.07) is 10.8. The first-order chi connectivity index (χ1) is 10.1. The van der Waals surface area contributed by atoms with Crippen molar-refractivity contribution >= 4 is 10.0 Å². The molecule has 0 aliphatic carbocycles. The van der Waals surface area contributed by atoms with Gasteiger partial charge in [0, 0.05) is 25.5 Å². The second kappa shape index (κ2) is 7.31. The van der Waals surface area contributed by atoms with Gasteiger partial charge in [0.15, 0.2) is 0 Å². The van der Waals surface area contributed by atoms with E-state index in [1.54, 1.807) is 31.6 Å². The number of sulfonamides is 1. The minimum absolute atomic E-state index is 0.328. The van der Waals surface area contributed by atoms with Crippen LogP contribution < -0.4 is 10.0 Å². The van der Waals surface area contributed by atoms with Crippen LogP contribution in [0.4, 0.5) is 0 Å². The first-order valence-corrected chi connectivity index (χ1v) is 8.23. The minimum Gasteiger partial charge on any atom is -0.316 e. The fourth-order valence-electron chi connectivity index (χ4n) is 2.06. The van der Waals surface area contributed by atoms with Crippen molar-refractivity contribution in [3.63, 3.8) is 0 Å². The highest BCUT2D eigenvalue weighted by molar-refractivity contribution is 7.89. The monoisotopic (exact) mass is 305 g/mol. The van der Waals surface area contributed by atoms with Gasteiger partial charge in [-0.2, -0.15) is 0 Å². The van der Waals surface area contributed by atoms with Crippen LogP contribution in [-0.2, 0) is 23.0 Å². The van der Waals surface area contributed by atoms with Crippen LogP contribution in [0.15, 0.2) is 53.7 Å². The van der Waals surface area contributed by atoms with Crippen molar-refractivity contribution < 1.29 is 8.42 Å². The normalized spacial score (nSPS) is 11.5. The Bertz CT molecular complexity index is 672. The van der Waals surface area contributed by atoms with E-state index in [2.05, 4.69) is 15.0 Å². The molecule has 6 heteroatoms. The molecule has 1 aromatic carbocycles. The van der Waals surface area contributed by atoms with Crippen LogP contribution in [0.2, 0.25) is 0 Å². The average molecular weight is 305 g/mol. The highest BCUT2D eigenvalue weighted by atomic mass is 32.2. The molecule has 0 fully saturated rings. The molecular weight excluding hydrogens is 286 g/mol. The summed E-state index contributed by atoms with van der Waals surface area (Å²) < 4.78 is 27.4. The summed E-state index contributed by atoms with van der Waals surface area (Å²) in [5.74, 6) is 0. The molecular formula is C15H19N3O2S. The van der Waals surface area contributed by atoms with E-state index in [9.17, 15) is 8.42 Å². The fraction of sp³-hybridized carbons (Fsp3) is 0.267. The number of pyridine rings is 1. The molecule has 1 heterocycles. The summed E-state index contributed by atoms with van der Waals surface area (Å²) in [6.45, 7) is 0.877. The lowest BCUT2D eigenvalue weighted by Crippen LogP contribution is -2.27. The van der Waals surface area contributed by atoms with Gasteiger partial charge in [-0.05, 0) is 42.8 Å². The van der Waals surface area contributed by atoms with Crippen molar-refractivity contribution in [3.8, 4) is 0 Å². The number of nitrogens with zero attached hydrogens (tertiary/aromatic N) is 1. The van der Waals surface area contributed by atoms with Crippen LogP contribution in [0, 0.1) is 0 Å². The van der Waals surface area contributed by atoms with Crippen molar-refractivity contribution in [1.82, 2.24) is 15.0 Å². The number of aromatic nitrogens is 1. The number of hydrogen-bond acceptors (Lipinski definition) is 4. The molecule has 0 atom stereocenters. The van der Waals surface area contributed by atoms with Gasteiger partial charge in [0.2, 0.25) is 10.0 Å². The zero-order valence-corrected chi connectivity index (χ0v) is 12.7. The summed E-state index contributed by atoms with van der Waals surface area (Å²) in [7, 11) is -1.70. The third-order valence-corrected chi connectivity index (χ3v) is 4.65. The molecule has 5 nitrogen and oxygen atoms in total. The quantitative estimate of drug-likeness (QED) is 0.809. The molecule has 2 N–H and O–H groups in total. The lowest BCUT2D eigenvalue weighted by atomic mass is 10.2. The molecule has 0 radical (unpaired) electrons. The lowest BCUT2D eigenvalue weighted by molar-refractivity contribution is 0.579. The Balaban J connectivity index is 2.05. The Labute approximate surface area is 125 Å². The van der Waals surface area contributed by atoms with Gasteiger partial charge in [0.1, 0.15) is 0 Å². The molecule has 0 unspecified atom stereocenters. The Kier molecular flexibility index (Phi) is 5.44. The molecule has 21 heavy (non-hydrogen) atoms. The van der Waals surface area contributed by atoms with E-state index in [0.717, 1.165) is 11.1 Å². The van der Waals surface area contributed by atoms with E-state index in [1.165, 1.54) is 0 Å². The number of nitrogens with one attached hydrogen (secondary N) is 2. The van der Waals surface area contributed by atoms with E-state index in [0.29, 0.717) is 24.4 Å². The van der Waals surface area contributed by atoms with Gasteiger partial charge >= 0.3 is 0 Å². The summed E-state index contributed by atoms with van der Waals surface area (Å²) in [6.07, 6.45) is 4.04. The van der Waals surface area contributed by atoms with Crippen molar-refractivity contribution in [2.24, 2.45) is 0 Å².